The van der Waals surface area contributed by atoms with Gasteiger partial charge in [-0.05, 0) is 20.2 Å². The minimum absolute atomic E-state index is 0. The van der Waals surface area contributed by atoms with Crippen LogP contribution in [0.3, 0.4) is 0 Å². The number of amides is 1. The van der Waals surface area contributed by atoms with E-state index >= 15 is 0 Å². The van der Waals surface area contributed by atoms with Crippen LogP contribution in [0.15, 0.2) is 30.3 Å². The molecule has 32 heavy (non-hydrogen) atoms. The average molecular weight is 499 g/mol. The second-order valence-corrected chi connectivity index (χ2v) is 8.56. The van der Waals surface area contributed by atoms with Gasteiger partial charge in [0.15, 0.2) is 16.6 Å². The quantitative estimate of drug-likeness (QED) is 0.369. The van der Waals surface area contributed by atoms with Gasteiger partial charge in [0.2, 0.25) is 0 Å². The van der Waals surface area contributed by atoms with E-state index in [1.807, 2.05) is 25.1 Å². The number of halogens is 2. The van der Waals surface area contributed by atoms with Crippen LogP contribution in [0.5, 0.6) is 11.5 Å². The number of likely N-dealkylation sites (N-methyl/N-ethyl adjacent to an activating group) is 1. The number of ether oxygens (including phenoxy) is 2. The molecule has 0 radical (unpaired) electrons. The fourth-order valence-corrected chi connectivity index (χ4v) is 4.29. The van der Waals surface area contributed by atoms with Crippen molar-refractivity contribution in [2.24, 2.45) is 0 Å². The maximum atomic E-state index is 13.4. The summed E-state index contributed by atoms with van der Waals surface area (Å²) in [6.07, 6.45) is 0. The number of fused-ring (bicyclic) bond motifs is 2. The summed E-state index contributed by atoms with van der Waals surface area (Å²) >= 11 is 7.56. The van der Waals surface area contributed by atoms with Crippen molar-refractivity contribution >= 4 is 62.3 Å². The molecular formula is C20H20Cl2N4O5S. The predicted molar refractivity (Wildman–Crippen MR) is 126 cm³/mol. The molecule has 12 heteroatoms. The highest BCUT2D eigenvalue weighted by atomic mass is 35.5. The number of aromatic nitrogens is 1. The van der Waals surface area contributed by atoms with Crippen molar-refractivity contribution in [2.75, 3.05) is 45.3 Å². The van der Waals surface area contributed by atoms with Crippen molar-refractivity contribution in [3.8, 4) is 11.5 Å². The average Bonchev–Trinajstić information content (AvgIpc) is 3.14. The zero-order valence-electron chi connectivity index (χ0n) is 17.2. The number of benzene rings is 2. The Morgan fingerprint density at radius 3 is 2.53 bits per heavy atom. The highest BCUT2D eigenvalue weighted by molar-refractivity contribution is 7.22. The summed E-state index contributed by atoms with van der Waals surface area (Å²) in [5.41, 5.74) is 0.531. The first kappa shape index (κ1) is 24.0. The SMILES string of the molecule is CN(C)CCN(C(=O)c1cc([N+](=O)[O-])ccc1Cl)c1nc2cc3c(cc2s1)OCCO3.Cl. The van der Waals surface area contributed by atoms with Gasteiger partial charge < -0.3 is 14.4 Å². The topological polar surface area (TPSA) is 98.0 Å². The maximum Gasteiger partial charge on any atom is 0.270 e. The summed E-state index contributed by atoms with van der Waals surface area (Å²) in [5.74, 6) is 0.803. The Kier molecular flexibility index (Phi) is 7.40. The number of carbonyl (C=O) groups is 1. The van der Waals surface area contributed by atoms with Crippen molar-refractivity contribution in [3.63, 3.8) is 0 Å². The van der Waals surface area contributed by atoms with Gasteiger partial charge in [-0.3, -0.25) is 19.8 Å². The van der Waals surface area contributed by atoms with Crippen LogP contribution in [0, 0.1) is 10.1 Å². The van der Waals surface area contributed by atoms with Gasteiger partial charge in [-0.1, -0.05) is 22.9 Å². The molecule has 1 aliphatic rings. The Labute approximate surface area is 199 Å². The molecule has 3 aromatic rings. The van der Waals surface area contributed by atoms with E-state index in [4.69, 9.17) is 21.1 Å². The van der Waals surface area contributed by atoms with Crippen LogP contribution in [-0.4, -0.2) is 61.1 Å². The van der Waals surface area contributed by atoms with E-state index in [1.165, 1.54) is 34.4 Å². The summed E-state index contributed by atoms with van der Waals surface area (Å²) in [7, 11) is 3.79. The highest BCUT2D eigenvalue weighted by Crippen LogP contribution is 2.39. The lowest BCUT2D eigenvalue weighted by Gasteiger charge is -2.22. The molecule has 0 saturated carbocycles. The summed E-state index contributed by atoms with van der Waals surface area (Å²) < 4.78 is 12.1. The molecular weight excluding hydrogens is 479 g/mol. The fourth-order valence-electron chi connectivity index (χ4n) is 3.09. The van der Waals surface area contributed by atoms with Gasteiger partial charge in [0.1, 0.15) is 13.2 Å². The van der Waals surface area contributed by atoms with E-state index in [2.05, 4.69) is 4.98 Å². The number of carbonyl (C=O) groups excluding carboxylic acids is 1. The number of rotatable bonds is 6. The molecule has 0 spiro atoms. The second kappa shape index (κ2) is 9.86. The second-order valence-electron chi connectivity index (χ2n) is 7.14. The van der Waals surface area contributed by atoms with Gasteiger partial charge in [0.25, 0.3) is 11.6 Å². The van der Waals surface area contributed by atoms with Gasteiger partial charge in [-0.25, -0.2) is 4.98 Å². The van der Waals surface area contributed by atoms with Crippen LogP contribution >= 0.6 is 35.3 Å². The molecule has 2 heterocycles. The predicted octanol–water partition coefficient (Wildman–Crippen LogP) is 4.26. The number of nitro groups is 1. The van der Waals surface area contributed by atoms with Crippen molar-refractivity contribution in [2.45, 2.75) is 0 Å². The molecule has 0 unspecified atom stereocenters. The summed E-state index contributed by atoms with van der Waals surface area (Å²) in [4.78, 5) is 32.1. The molecule has 0 N–H and O–H groups in total. The van der Waals surface area contributed by atoms with Crippen molar-refractivity contribution in [1.82, 2.24) is 9.88 Å². The van der Waals surface area contributed by atoms with E-state index in [-0.39, 0.29) is 28.7 Å². The number of nitro benzene ring substituents is 1. The Morgan fingerprint density at radius 2 is 1.88 bits per heavy atom. The van der Waals surface area contributed by atoms with E-state index in [0.717, 1.165) is 4.70 Å². The summed E-state index contributed by atoms with van der Waals surface area (Å²) in [6.45, 7) is 1.84. The van der Waals surface area contributed by atoms with Crippen LogP contribution in [0.2, 0.25) is 5.02 Å². The molecule has 9 nitrogen and oxygen atoms in total. The van der Waals surface area contributed by atoms with E-state index in [1.54, 1.807) is 6.07 Å². The van der Waals surface area contributed by atoms with Crippen molar-refractivity contribution < 1.29 is 19.2 Å². The number of hydrogen-bond donors (Lipinski definition) is 0. The zero-order valence-corrected chi connectivity index (χ0v) is 19.6. The molecule has 1 aliphatic heterocycles. The lowest BCUT2D eigenvalue weighted by molar-refractivity contribution is -0.384. The van der Waals surface area contributed by atoms with Crippen LogP contribution < -0.4 is 14.4 Å². The van der Waals surface area contributed by atoms with Gasteiger partial charge in [-0.2, -0.15) is 0 Å². The molecule has 0 bridgehead atoms. The molecule has 0 fully saturated rings. The Bertz CT molecular complexity index is 1130. The van der Waals surface area contributed by atoms with Gasteiger partial charge in [-0.15, -0.1) is 12.4 Å². The molecule has 0 saturated heterocycles. The molecule has 2 aromatic carbocycles. The van der Waals surface area contributed by atoms with E-state index < -0.39 is 10.8 Å². The van der Waals surface area contributed by atoms with Crippen molar-refractivity contribution in [1.29, 1.82) is 0 Å². The van der Waals surface area contributed by atoms with Crippen LogP contribution in [0.1, 0.15) is 10.4 Å². The molecule has 0 aliphatic carbocycles. The normalized spacial score (nSPS) is 12.5. The van der Waals surface area contributed by atoms with Gasteiger partial charge in [0.05, 0.1) is 25.7 Å². The highest BCUT2D eigenvalue weighted by Gasteiger charge is 2.26. The zero-order chi connectivity index (χ0) is 22.1. The van der Waals surface area contributed by atoms with Gasteiger partial charge in [0, 0.05) is 37.4 Å². The Hall–Kier alpha value is -2.66. The van der Waals surface area contributed by atoms with E-state index in [9.17, 15) is 14.9 Å². The molecule has 1 amide bonds. The third-order valence-corrected chi connectivity index (χ3v) is 6.05. The maximum absolute atomic E-state index is 13.4. The first-order valence-corrected chi connectivity index (χ1v) is 10.6. The minimum Gasteiger partial charge on any atom is -0.486 e. The minimum atomic E-state index is -0.556. The van der Waals surface area contributed by atoms with Crippen LogP contribution in [0.4, 0.5) is 10.8 Å². The summed E-state index contributed by atoms with van der Waals surface area (Å²) in [6, 6.07) is 7.46. The third-order valence-electron chi connectivity index (χ3n) is 4.68. The number of non-ortho nitro benzene ring substituents is 1. The molecule has 170 valence electrons. The number of anilines is 1. The number of nitrogens with zero attached hydrogens (tertiary/aromatic N) is 4. The number of thiazole rings is 1. The number of hydrogen-bond acceptors (Lipinski definition) is 8. The lowest BCUT2D eigenvalue weighted by atomic mass is 10.1. The van der Waals surface area contributed by atoms with Crippen molar-refractivity contribution in [3.05, 3.63) is 51.0 Å². The lowest BCUT2D eigenvalue weighted by Crippen LogP contribution is -2.37. The molecule has 1 aromatic heterocycles. The fraction of sp³-hybridized carbons (Fsp3) is 0.300. The van der Waals surface area contributed by atoms with E-state index in [0.29, 0.717) is 48.5 Å². The monoisotopic (exact) mass is 498 g/mol. The standard InChI is InChI=1S/C20H19ClN4O5S.ClH/c1-23(2)5-6-24(19(26)13-9-12(25(27)28)3-4-14(13)21)20-22-15-10-16-17(11-18(15)31-20)30-8-7-29-16;/h3-4,9-11H,5-8H2,1-2H3;1H. The third kappa shape index (κ3) is 4.88. The first-order valence-electron chi connectivity index (χ1n) is 9.44. The van der Waals surface area contributed by atoms with Crippen LogP contribution in [0.25, 0.3) is 10.2 Å². The largest absolute Gasteiger partial charge is 0.486 e. The summed E-state index contributed by atoms with van der Waals surface area (Å²) in [5, 5.41) is 11.8. The Balaban J connectivity index is 0.00000289. The smallest absolute Gasteiger partial charge is 0.270 e. The van der Waals surface area contributed by atoms with Gasteiger partial charge >= 0.3 is 0 Å². The molecule has 0 atom stereocenters. The first-order chi connectivity index (χ1) is 14.8. The molecule has 4 rings (SSSR count). The van der Waals surface area contributed by atoms with Crippen LogP contribution in [-0.2, 0) is 0 Å². The Morgan fingerprint density at radius 1 is 1.19 bits per heavy atom.